The number of hydrogen-bond acceptors (Lipinski definition) is 8. The molecule has 1 aliphatic carbocycles. The molecule has 3 aromatic rings. The Balaban J connectivity index is 0.768. The van der Waals surface area contributed by atoms with Crippen LogP contribution in [0.4, 0.5) is 11.4 Å². The number of fused-ring (bicyclic) bond motifs is 2. The van der Waals surface area contributed by atoms with E-state index in [1.807, 2.05) is 12.1 Å². The number of phenolic OH excluding ortho intramolecular Hbond substituents is 1. The van der Waals surface area contributed by atoms with Crippen LogP contribution in [0.1, 0.15) is 77.9 Å². The topological polar surface area (TPSA) is 106 Å². The van der Waals surface area contributed by atoms with Crippen LogP contribution in [0.15, 0.2) is 60.7 Å². The van der Waals surface area contributed by atoms with Gasteiger partial charge in [0, 0.05) is 99.2 Å². The molecule has 6 aliphatic rings. The molecular formula is C42H49N5O5. The van der Waals surface area contributed by atoms with Crippen LogP contribution in [0.3, 0.4) is 0 Å². The number of piperidine rings is 2. The SMILES string of the molecule is O=C1CCC(N2Cc3cc(N4CCN(CC5CCN(c6ccc(C7c8ccc(O)cc8OCC7C7CCC7)cc6)CC5)CC4)ccc3C2=O)C(=O)N1. The summed E-state index contributed by atoms with van der Waals surface area (Å²) in [5.74, 6) is 2.52. The van der Waals surface area contributed by atoms with Gasteiger partial charge in [-0.15, -0.1) is 0 Å². The number of carbonyl (C=O) groups is 3. The van der Waals surface area contributed by atoms with E-state index in [2.05, 4.69) is 56.4 Å². The van der Waals surface area contributed by atoms with Gasteiger partial charge in [0.15, 0.2) is 0 Å². The number of imide groups is 1. The lowest BCUT2D eigenvalue weighted by Gasteiger charge is -2.42. The first-order valence-electron chi connectivity index (χ1n) is 19.4. The molecule has 10 nitrogen and oxygen atoms in total. The zero-order chi connectivity index (χ0) is 35.3. The summed E-state index contributed by atoms with van der Waals surface area (Å²) in [6.45, 7) is 8.39. The van der Waals surface area contributed by atoms with Crippen LogP contribution in [-0.2, 0) is 16.1 Å². The number of nitrogens with one attached hydrogen (secondary N) is 1. The summed E-state index contributed by atoms with van der Waals surface area (Å²) in [4.78, 5) is 46.4. The van der Waals surface area contributed by atoms with Crippen LogP contribution in [0.2, 0.25) is 0 Å². The van der Waals surface area contributed by atoms with E-state index in [0.717, 1.165) is 69.4 Å². The van der Waals surface area contributed by atoms with Gasteiger partial charge >= 0.3 is 0 Å². The molecule has 0 radical (unpaired) electrons. The first-order valence-corrected chi connectivity index (χ1v) is 19.4. The Bertz CT molecular complexity index is 1840. The second kappa shape index (κ2) is 13.8. The highest BCUT2D eigenvalue weighted by atomic mass is 16.5. The van der Waals surface area contributed by atoms with Gasteiger partial charge in [0.1, 0.15) is 17.5 Å². The molecule has 0 aromatic heterocycles. The van der Waals surface area contributed by atoms with Gasteiger partial charge in [-0.05, 0) is 78.6 Å². The minimum atomic E-state index is -0.583. The molecule has 5 aliphatic heterocycles. The normalized spacial score (nSPS) is 25.7. The van der Waals surface area contributed by atoms with E-state index in [9.17, 15) is 19.5 Å². The molecule has 3 atom stereocenters. The second-order valence-corrected chi connectivity index (χ2v) is 15.9. The molecule has 1 saturated carbocycles. The number of benzene rings is 3. The summed E-state index contributed by atoms with van der Waals surface area (Å²) >= 11 is 0. The zero-order valence-electron chi connectivity index (χ0n) is 29.8. The Labute approximate surface area is 305 Å². The number of ether oxygens (including phenoxy) is 1. The summed E-state index contributed by atoms with van der Waals surface area (Å²) in [5, 5.41) is 12.5. The van der Waals surface area contributed by atoms with Crippen molar-refractivity contribution in [3.63, 3.8) is 0 Å². The fourth-order valence-electron chi connectivity index (χ4n) is 9.70. The third kappa shape index (κ3) is 6.29. The van der Waals surface area contributed by atoms with Gasteiger partial charge < -0.3 is 24.5 Å². The molecule has 10 heteroatoms. The molecule has 52 heavy (non-hydrogen) atoms. The number of rotatable bonds is 7. The standard InChI is InChI=1S/C42H49N5O5/c48-33-9-11-35-38(23-33)52-26-36(28-2-1-3-28)40(35)29-4-6-31(7-5-29)45-16-14-27(15-17-45)24-44-18-20-46(21-19-44)32-8-10-34-30(22-32)25-47(42(34)51)37-12-13-39(49)43-41(37)50/h4-11,22-23,27-28,36-37,40,48H,1-3,12-21,24-26H2,(H,43,49,50). The van der Waals surface area contributed by atoms with Crippen LogP contribution in [0.25, 0.3) is 0 Å². The predicted molar refractivity (Wildman–Crippen MR) is 199 cm³/mol. The second-order valence-electron chi connectivity index (χ2n) is 15.9. The lowest BCUT2D eigenvalue weighted by Crippen LogP contribution is -2.52. The summed E-state index contributed by atoms with van der Waals surface area (Å²) in [5.41, 5.74) is 6.63. The molecule has 3 amide bonds. The van der Waals surface area contributed by atoms with Gasteiger partial charge in [-0.3, -0.25) is 24.6 Å². The fraction of sp³-hybridized carbons (Fsp3) is 0.500. The van der Waals surface area contributed by atoms with Crippen LogP contribution in [-0.4, -0.2) is 91.1 Å². The average Bonchev–Trinajstić information content (AvgIpc) is 3.46. The summed E-state index contributed by atoms with van der Waals surface area (Å²) in [7, 11) is 0. The highest BCUT2D eigenvalue weighted by Crippen LogP contribution is 2.50. The maximum absolute atomic E-state index is 13.1. The molecule has 2 N–H and O–H groups in total. The van der Waals surface area contributed by atoms with Gasteiger partial charge in [-0.2, -0.15) is 0 Å². The number of phenols is 1. The van der Waals surface area contributed by atoms with E-state index in [1.165, 1.54) is 48.9 Å². The number of hydrogen-bond donors (Lipinski definition) is 2. The molecule has 4 fully saturated rings. The molecule has 3 saturated heterocycles. The number of piperazine rings is 1. The van der Waals surface area contributed by atoms with Gasteiger partial charge in [0.25, 0.3) is 5.91 Å². The lowest BCUT2D eigenvalue weighted by molar-refractivity contribution is -0.136. The fourth-order valence-corrected chi connectivity index (χ4v) is 9.70. The van der Waals surface area contributed by atoms with Crippen molar-refractivity contribution in [3.05, 3.63) is 82.9 Å². The molecular weight excluding hydrogens is 654 g/mol. The highest BCUT2D eigenvalue weighted by molar-refractivity contribution is 6.05. The van der Waals surface area contributed by atoms with E-state index in [4.69, 9.17) is 4.74 Å². The lowest BCUT2D eigenvalue weighted by atomic mass is 9.66. The van der Waals surface area contributed by atoms with Gasteiger partial charge in [-0.25, -0.2) is 0 Å². The van der Waals surface area contributed by atoms with Crippen molar-refractivity contribution in [2.24, 2.45) is 17.8 Å². The Hall–Kier alpha value is -4.57. The average molecular weight is 704 g/mol. The minimum absolute atomic E-state index is 0.120. The number of nitrogens with zero attached hydrogens (tertiary/aromatic N) is 4. The Morgan fingerprint density at radius 3 is 2.27 bits per heavy atom. The van der Waals surface area contributed by atoms with E-state index in [0.29, 0.717) is 42.2 Å². The van der Waals surface area contributed by atoms with Gasteiger partial charge in [0.05, 0.1) is 6.61 Å². The summed E-state index contributed by atoms with van der Waals surface area (Å²) in [6, 6.07) is 20.5. The number of anilines is 2. The van der Waals surface area contributed by atoms with Crippen molar-refractivity contribution >= 4 is 29.1 Å². The van der Waals surface area contributed by atoms with E-state index in [-0.39, 0.29) is 29.9 Å². The zero-order valence-corrected chi connectivity index (χ0v) is 29.8. The van der Waals surface area contributed by atoms with Gasteiger partial charge in [0.2, 0.25) is 11.8 Å². The molecule has 272 valence electrons. The maximum atomic E-state index is 13.1. The number of aromatic hydroxyl groups is 1. The van der Waals surface area contributed by atoms with Crippen molar-refractivity contribution in [3.8, 4) is 11.5 Å². The first kappa shape index (κ1) is 33.3. The van der Waals surface area contributed by atoms with Crippen molar-refractivity contribution < 1.29 is 24.2 Å². The van der Waals surface area contributed by atoms with Crippen LogP contribution < -0.4 is 19.9 Å². The van der Waals surface area contributed by atoms with E-state index < -0.39 is 6.04 Å². The molecule has 0 bridgehead atoms. The molecule has 0 spiro atoms. The molecule has 3 unspecified atom stereocenters. The number of amides is 3. The van der Waals surface area contributed by atoms with E-state index in [1.54, 1.807) is 17.0 Å². The molecule has 3 aromatic carbocycles. The third-order valence-electron chi connectivity index (χ3n) is 12.9. The summed E-state index contributed by atoms with van der Waals surface area (Å²) < 4.78 is 6.17. The number of carbonyl (C=O) groups excluding carboxylic acids is 3. The minimum Gasteiger partial charge on any atom is -0.508 e. The quantitative estimate of drug-likeness (QED) is 0.327. The van der Waals surface area contributed by atoms with Crippen molar-refractivity contribution in [2.45, 2.75) is 63.5 Å². The van der Waals surface area contributed by atoms with Crippen LogP contribution in [0.5, 0.6) is 11.5 Å². The van der Waals surface area contributed by atoms with E-state index >= 15 is 0 Å². The Morgan fingerprint density at radius 1 is 0.788 bits per heavy atom. The van der Waals surface area contributed by atoms with Crippen molar-refractivity contribution in [2.75, 3.05) is 62.2 Å². The summed E-state index contributed by atoms with van der Waals surface area (Å²) in [6.07, 6.45) is 6.93. The van der Waals surface area contributed by atoms with Crippen LogP contribution >= 0.6 is 0 Å². The predicted octanol–water partition coefficient (Wildman–Crippen LogP) is 5.13. The molecule has 9 rings (SSSR count). The van der Waals surface area contributed by atoms with Crippen LogP contribution in [0, 0.1) is 17.8 Å². The first-order chi connectivity index (χ1) is 25.4. The maximum Gasteiger partial charge on any atom is 0.255 e. The monoisotopic (exact) mass is 703 g/mol. The largest absolute Gasteiger partial charge is 0.508 e. The van der Waals surface area contributed by atoms with Crippen molar-refractivity contribution in [1.29, 1.82) is 0 Å². The highest BCUT2D eigenvalue weighted by Gasteiger charge is 2.41. The van der Waals surface area contributed by atoms with Gasteiger partial charge in [-0.1, -0.05) is 37.5 Å². The third-order valence-corrected chi connectivity index (χ3v) is 12.9. The molecule has 5 heterocycles. The Kier molecular flexibility index (Phi) is 8.81. The Morgan fingerprint density at radius 2 is 1.54 bits per heavy atom. The van der Waals surface area contributed by atoms with Crippen molar-refractivity contribution in [1.82, 2.24) is 15.1 Å². The smallest absolute Gasteiger partial charge is 0.255 e.